The quantitative estimate of drug-likeness (QED) is 0.484. The lowest BCUT2D eigenvalue weighted by Gasteiger charge is -2.04. The predicted octanol–water partition coefficient (Wildman–Crippen LogP) is 3.55. The molecule has 0 aliphatic heterocycles. The number of hydrogen-bond acceptors (Lipinski definition) is 4. The van der Waals surface area contributed by atoms with Crippen molar-refractivity contribution in [1.82, 2.24) is 0 Å². The molecule has 0 aliphatic carbocycles. The zero-order valence-electron chi connectivity index (χ0n) is 10.3. The van der Waals surface area contributed by atoms with Crippen LogP contribution in [0.3, 0.4) is 0 Å². The topological polar surface area (TPSA) is 50.1 Å². The third kappa shape index (κ3) is 2.90. The van der Waals surface area contributed by atoms with E-state index in [2.05, 4.69) is 0 Å². The van der Waals surface area contributed by atoms with Crippen molar-refractivity contribution in [3.05, 3.63) is 57.8 Å². The van der Waals surface area contributed by atoms with Crippen LogP contribution in [0.2, 0.25) is 0 Å². The molecule has 0 spiro atoms. The normalized spacial score (nSPS) is 10.8. The number of thiophene rings is 1. The van der Waals surface area contributed by atoms with Crippen LogP contribution in [0.15, 0.2) is 46.7 Å². The van der Waals surface area contributed by atoms with Crippen LogP contribution in [0.4, 0.5) is 0 Å². The Morgan fingerprint density at radius 2 is 2.16 bits per heavy atom. The van der Waals surface area contributed by atoms with Gasteiger partial charge >= 0.3 is 0 Å². The van der Waals surface area contributed by atoms with Gasteiger partial charge in [-0.2, -0.15) is 16.6 Å². The van der Waals surface area contributed by atoms with E-state index in [4.69, 9.17) is 10.00 Å². The molecule has 0 bridgehead atoms. The highest BCUT2D eigenvalue weighted by Gasteiger charge is 2.13. The number of methoxy groups -OCH3 is 1. The molecule has 0 amide bonds. The Morgan fingerprint density at radius 1 is 1.37 bits per heavy atom. The largest absolute Gasteiger partial charge is 0.496 e. The maximum atomic E-state index is 12.1. The van der Waals surface area contributed by atoms with Gasteiger partial charge in [0.15, 0.2) is 0 Å². The van der Waals surface area contributed by atoms with E-state index in [0.717, 1.165) is 0 Å². The van der Waals surface area contributed by atoms with Crippen molar-refractivity contribution in [3.8, 4) is 11.8 Å². The second-order valence-corrected chi connectivity index (χ2v) is 4.53. The summed E-state index contributed by atoms with van der Waals surface area (Å²) in [4.78, 5) is 12.1. The first-order chi connectivity index (χ1) is 9.26. The van der Waals surface area contributed by atoms with E-state index >= 15 is 0 Å². The highest BCUT2D eigenvalue weighted by molar-refractivity contribution is 7.08. The Hall–Kier alpha value is -2.38. The summed E-state index contributed by atoms with van der Waals surface area (Å²) in [6, 6.07) is 10.9. The van der Waals surface area contributed by atoms with Gasteiger partial charge in [-0.25, -0.2) is 0 Å². The molecule has 1 heterocycles. The van der Waals surface area contributed by atoms with Gasteiger partial charge in [0.2, 0.25) is 5.78 Å². The lowest BCUT2D eigenvalue weighted by Crippen LogP contribution is -2.00. The van der Waals surface area contributed by atoms with Gasteiger partial charge in [0.25, 0.3) is 0 Å². The van der Waals surface area contributed by atoms with Gasteiger partial charge in [0, 0.05) is 16.5 Å². The van der Waals surface area contributed by atoms with E-state index in [1.165, 1.54) is 11.3 Å². The Labute approximate surface area is 115 Å². The molecule has 2 rings (SSSR count). The molecule has 0 unspecified atom stereocenters. The molecular formula is C15H11NO2S. The summed E-state index contributed by atoms with van der Waals surface area (Å²) in [6.07, 6.45) is 1.55. The van der Waals surface area contributed by atoms with Crippen molar-refractivity contribution in [2.24, 2.45) is 0 Å². The van der Waals surface area contributed by atoms with Gasteiger partial charge < -0.3 is 4.74 Å². The Kier molecular flexibility index (Phi) is 4.11. The fourth-order valence-corrected chi connectivity index (χ4v) is 2.27. The molecule has 0 atom stereocenters. The summed E-state index contributed by atoms with van der Waals surface area (Å²) in [5.74, 6) is 0.364. The predicted molar refractivity (Wildman–Crippen MR) is 75.2 cm³/mol. The van der Waals surface area contributed by atoms with Crippen molar-refractivity contribution in [2.45, 2.75) is 0 Å². The summed E-state index contributed by atoms with van der Waals surface area (Å²) in [5.41, 5.74) is 1.35. The number of para-hydroxylation sites is 1. The molecule has 2 aromatic rings. The van der Waals surface area contributed by atoms with Crippen LogP contribution in [0.1, 0.15) is 15.9 Å². The molecule has 1 aromatic carbocycles. The third-order valence-corrected chi connectivity index (χ3v) is 3.27. The molecule has 3 nitrogen and oxygen atoms in total. The molecule has 0 saturated carbocycles. The number of ether oxygens (including phenoxy) is 1. The summed E-state index contributed by atoms with van der Waals surface area (Å²) in [5, 5.41) is 12.7. The average molecular weight is 269 g/mol. The van der Waals surface area contributed by atoms with Crippen LogP contribution in [-0.4, -0.2) is 12.9 Å². The number of carbonyl (C=O) groups excluding carboxylic acids is 1. The molecule has 4 heteroatoms. The lowest BCUT2D eigenvalue weighted by atomic mass is 10.0. The third-order valence-electron chi connectivity index (χ3n) is 2.59. The minimum atomic E-state index is -0.269. The Morgan fingerprint density at radius 3 is 2.79 bits per heavy atom. The zero-order valence-corrected chi connectivity index (χ0v) is 11.1. The maximum absolute atomic E-state index is 12.1. The number of Topliss-reactive ketones (excluding diaryl/α,β-unsaturated/α-hetero) is 1. The van der Waals surface area contributed by atoms with E-state index in [9.17, 15) is 4.79 Å². The molecule has 0 fully saturated rings. The van der Waals surface area contributed by atoms with Crippen molar-refractivity contribution < 1.29 is 9.53 Å². The zero-order chi connectivity index (χ0) is 13.7. The number of carbonyl (C=O) groups is 1. The fourth-order valence-electron chi connectivity index (χ4n) is 1.64. The smallest absolute Gasteiger partial charge is 0.204 e. The minimum absolute atomic E-state index is 0.0999. The van der Waals surface area contributed by atoms with E-state index in [1.807, 2.05) is 23.6 Å². The van der Waals surface area contributed by atoms with Crippen LogP contribution in [0.5, 0.6) is 5.75 Å². The second kappa shape index (κ2) is 5.98. The van der Waals surface area contributed by atoms with Crippen molar-refractivity contribution in [1.29, 1.82) is 5.26 Å². The lowest BCUT2D eigenvalue weighted by molar-refractivity contribution is 0.104. The highest BCUT2D eigenvalue weighted by Crippen LogP contribution is 2.22. The molecule has 0 N–H and O–H groups in total. The molecule has 0 saturated heterocycles. The monoisotopic (exact) mass is 269 g/mol. The van der Waals surface area contributed by atoms with Crippen molar-refractivity contribution in [3.63, 3.8) is 0 Å². The summed E-state index contributed by atoms with van der Waals surface area (Å²) in [6.45, 7) is 0. The van der Waals surface area contributed by atoms with Gasteiger partial charge in [0.1, 0.15) is 17.4 Å². The SMILES string of the molecule is COc1ccccc1C=C(C#N)C(=O)c1ccsc1. The fraction of sp³-hybridized carbons (Fsp3) is 0.0667. The molecular weight excluding hydrogens is 258 g/mol. The van der Waals surface area contributed by atoms with Crippen molar-refractivity contribution >= 4 is 23.2 Å². The van der Waals surface area contributed by atoms with E-state index < -0.39 is 0 Å². The van der Waals surface area contributed by atoms with Gasteiger partial charge in [-0.15, -0.1) is 0 Å². The van der Waals surface area contributed by atoms with Crippen molar-refractivity contribution in [2.75, 3.05) is 7.11 Å². The molecule has 0 aliphatic rings. The Bertz CT molecular complexity index is 651. The van der Waals surface area contributed by atoms with E-state index in [1.54, 1.807) is 36.8 Å². The van der Waals surface area contributed by atoms with E-state index in [-0.39, 0.29) is 11.4 Å². The Balaban J connectivity index is 2.40. The number of ketones is 1. The molecule has 19 heavy (non-hydrogen) atoms. The van der Waals surface area contributed by atoms with Crippen LogP contribution < -0.4 is 4.74 Å². The first-order valence-electron chi connectivity index (χ1n) is 5.58. The van der Waals surface area contributed by atoms with E-state index in [0.29, 0.717) is 16.9 Å². The number of allylic oxidation sites excluding steroid dienone is 1. The maximum Gasteiger partial charge on any atom is 0.204 e. The van der Waals surface area contributed by atoms with Crippen LogP contribution in [0, 0.1) is 11.3 Å². The second-order valence-electron chi connectivity index (χ2n) is 3.75. The molecule has 94 valence electrons. The van der Waals surface area contributed by atoms with Gasteiger partial charge in [0.05, 0.1) is 7.11 Å². The van der Waals surface area contributed by atoms with Crippen LogP contribution in [0.25, 0.3) is 6.08 Å². The number of nitrogens with zero attached hydrogens (tertiary/aromatic N) is 1. The highest BCUT2D eigenvalue weighted by atomic mass is 32.1. The van der Waals surface area contributed by atoms with Gasteiger partial charge in [-0.05, 0) is 23.6 Å². The summed E-state index contributed by atoms with van der Waals surface area (Å²) in [7, 11) is 1.55. The number of hydrogen-bond donors (Lipinski definition) is 0. The van der Waals surface area contributed by atoms with Crippen LogP contribution >= 0.6 is 11.3 Å². The summed E-state index contributed by atoms with van der Waals surface area (Å²) < 4.78 is 5.20. The van der Waals surface area contributed by atoms with Gasteiger partial charge in [-0.1, -0.05) is 18.2 Å². The standard InChI is InChI=1S/C15H11NO2S/c1-18-14-5-3-2-4-11(14)8-13(9-16)15(17)12-6-7-19-10-12/h2-8,10H,1H3. The first-order valence-corrected chi connectivity index (χ1v) is 6.52. The molecule has 0 radical (unpaired) electrons. The number of nitriles is 1. The number of benzene rings is 1. The minimum Gasteiger partial charge on any atom is -0.496 e. The first kappa shape index (κ1) is 13.1. The number of rotatable bonds is 4. The van der Waals surface area contributed by atoms with Crippen LogP contribution in [-0.2, 0) is 0 Å². The molecule has 1 aromatic heterocycles. The average Bonchev–Trinajstić information content (AvgIpc) is 2.98. The summed E-state index contributed by atoms with van der Waals surface area (Å²) >= 11 is 1.43. The van der Waals surface area contributed by atoms with Gasteiger partial charge in [-0.3, -0.25) is 4.79 Å².